The fraction of sp³-hybridized carbons (Fsp3) is 0.364. The third-order valence-electron chi connectivity index (χ3n) is 1.71. The average Bonchev–Trinajstić information content (AvgIpc) is 2.08. The van der Waals surface area contributed by atoms with E-state index in [1.807, 2.05) is 31.2 Å². The van der Waals surface area contributed by atoms with Crippen LogP contribution >= 0.6 is 0 Å². The highest BCUT2D eigenvalue weighted by molar-refractivity contribution is 5.78. The number of carbonyl (C=O) groups excluding carboxylic acids is 1. The van der Waals surface area contributed by atoms with Gasteiger partial charge in [0.25, 0.3) is 0 Å². The number of benzene rings is 1. The summed E-state index contributed by atoms with van der Waals surface area (Å²) >= 11 is 0. The van der Waals surface area contributed by atoms with Crippen LogP contribution in [0.3, 0.4) is 0 Å². The maximum Gasteiger partial charge on any atom is 0.134 e. The van der Waals surface area contributed by atoms with Crippen molar-refractivity contribution in [2.24, 2.45) is 0 Å². The van der Waals surface area contributed by atoms with Gasteiger partial charge in [-0.3, -0.25) is 4.79 Å². The summed E-state index contributed by atoms with van der Waals surface area (Å²) in [5.74, 6) is 0.979. The largest absolute Gasteiger partial charge is 0.494 e. The second-order valence-corrected chi connectivity index (χ2v) is 2.92. The van der Waals surface area contributed by atoms with Crippen molar-refractivity contribution in [3.05, 3.63) is 29.8 Å². The fourth-order valence-corrected chi connectivity index (χ4v) is 1.21. The van der Waals surface area contributed by atoms with Crippen LogP contribution in [0.4, 0.5) is 0 Å². The molecule has 0 saturated heterocycles. The molecule has 0 aliphatic heterocycles. The Balaban J connectivity index is 2.84. The van der Waals surface area contributed by atoms with Gasteiger partial charge in [0.1, 0.15) is 11.5 Å². The lowest BCUT2D eigenvalue weighted by molar-refractivity contribution is -0.116. The molecule has 2 heteroatoms. The average molecular weight is 178 g/mol. The first kappa shape index (κ1) is 9.78. The zero-order valence-electron chi connectivity index (χ0n) is 8.04. The van der Waals surface area contributed by atoms with Crippen molar-refractivity contribution in [2.45, 2.75) is 20.3 Å². The van der Waals surface area contributed by atoms with E-state index in [1.54, 1.807) is 6.92 Å². The Labute approximate surface area is 78.5 Å². The molecule has 0 fully saturated rings. The number of carbonyl (C=O) groups is 1. The van der Waals surface area contributed by atoms with Crippen molar-refractivity contribution in [3.63, 3.8) is 0 Å². The van der Waals surface area contributed by atoms with Gasteiger partial charge in [-0.1, -0.05) is 18.2 Å². The lowest BCUT2D eigenvalue weighted by atomic mass is 10.1. The summed E-state index contributed by atoms with van der Waals surface area (Å²) in [7, 11) is 0. The SMILES string of the molecule is CCOc1ccccc1CC(C)=O. The van der Waals surface area contributed by atoms with Gasteiger partial charge in [0.05, 0.1) is 6.61 Å². The Morgan fingerprint density at radius 2 is 2.08 bits per heavy atom. The van der Waals surface area contributed by atoms with Crippen molar-refractivity contribution >= 4 is 5.78 Å². The summed E-state index contributed by atoms with van der Waals surface area (Å²) in [5, 5.41) is 0. The Hall–Kier alpha value is -1.31. The van der Waals surface area contributed by atoms with Gasteiger partial charge in [0, 0.05) is 12.0 Å². The molecule has 13 heavy (non-hydrogen) atoms. The minimum Gasteiger partial charge on any atom is -0.494 e. The van der Waals surface area contributed by atoms with E-state index < -0.39 is 0 Å². The van der Waals surface area contributed by atoms with E-state index in [0.29, 0.717) is 13.0 Å². The summed E-state index contributed by atoms with van der Waals surface area (Å²) in [6.07, 6.45) is 0.455. The van der Waals surface area contributed by atoms with Crippen molar-refractivity contribution in [1.82, 2.24) is 0 Å². The molecular weight excluding hydrogens is 164 g/mol. The van der Waals surface area contributed by atoms with Crippen LogP contribution in [0.1, 0.15) is 19.4 Å². The van der Waals surface area contributed by atoms with Crippen molar-refractivity contribution in [2.75, 3.05) is 6.61 Å². The van der Waals surface area contributed by atoms with Crippen LogP contribution in [-0.4, -0.2) is 12.4 Å². The zero-order chi connectivity index (χ0) is 9.68. The lowest BCUT2D eigenvalue weighted by Crippen LogP contribution is -2.01. The second kappa shape index (κ2) is 4.65. The van der Waals surface area contributed by atoms with Crippen LogP contribution in [-0.2, 0) is 11.2 Å². The third kappa shape index (κ3) is 2.90. The molecule has 0 spiro atoms. The number of ether oxygens (including phenoxy) is 1. The first-order valence-electron chi connectivity index (χ1n) is 4.44. The van der Waals surface area contributed by atoms with E-state index in [1.165, 1.54) is 0 Å². The van der Waals surface area contributed by atoms with Gasteiger partial charge in [0.15, 0.2) is 0 Å². The maximum atomic E-state index is 10.9. The molecule has 0 aromatic heterocycles. The monoisotopic (exact) mass is 178 g/mol. The molecule has 2 nitrogen and oxygen atoms in total. The molecule has 1 aromatic rings. The van der Waals surface area contributed by atoms with Gasteiger partial charge in [0.2, 0.25) is 0 Å². The van der Waals surface area contributed by atoms with E-state index in [-0.39, 0.29) is 5.78 Å². The highest BCUT2D eigenvalue weighted by atomic mass is 16.5. The standard InChI is InChI=1S/C11H14O2/c1-3-13-11-7-5-4-6-10(11)8-9(2)12/h4-7H,3,8H2,1-2H3. The summed E-state index contributed by atoms with van der Waals surface area (Å²) in [4.78, 5) is 10.9. The molecule has 0 heterocycles. The minimum atomic E-state index is 0.159. The Bertz CT molecular complexity index is 292. The molecule has 70 valence electrons. The molecule has 0 saturated carbocycles. The molecule has 1 aromatic carbocycles. The molecule has 0 aliphatic rings. The summed E-state index contributed by atoms with van der Waals surface area (Å²) < 4.78 is 5.39. The van der Waals surface area contributed by atoms with E-state index in [0.717, 1.165) is 11.3 Å². The van der Waals surface area contributed by atoms with E-state index >= 15 is 0 Å². The van der Waals surface area contributed by atoms with E-state index in [4.69, 9.17) is 4.74 Å². The molecular formula is C11H14O2. The second-order valence-electron chi connectivity index (χ2n) is 2.92. The topological polar surface area (TPSA) is 26.3 Å². The molecule has 0 aliphatic carbocycles. The van der Waals surface area contributed by atoms with Gasteiger partial charge < -0.3 is 4.74 Å². The minimum absolute atomic E-state index is 0.159. The number of para-hydroxylation sites is 1. The van der Waals surface area contributed by atoms with Gasteiger partial charge in [-0.2, -0.15) is 0 Å². The summed E-state index contributed by atoms with van der Waals surface area (Å²) in [6.45, 7) is 4.15. The van der Waals surface area contributed by atoms with Gasteiger partial charge in [-0.15, -0.1) is 0 Å². The lowest BCUT2D eigenvalue weighted by Gasteiger charge is -2.07. The van der Waals surface area contributed by atoms with Crippen LogP contribution in [0, 0.1) is 0 Å². The zero-order valence-corrected chi connectivity index (χ0v) is 8.04. The van der Waals surface area contributed by atoms with E-state index in [9.17, 15) is 4.79 Å². The molecule has 1 rings (SSSR count). The predicted molar refractivity (Wildman–Crippen MR) is 52.0 cm³/mol. The predicted octanol–water partition coefficient (Wildman–Crippen LogP) is 2.22. The van der Waals surface area contributed by atoms with Crippen LogP contribution in [0.15, 0.2) is 24.3 Å². The first-order valence-corrected chi connectivity index (χ1v) is 4.44. The number of hydrogen-bond acceptors (Lipinski definition) is 2. The summed E-state index contributed by atoms with van der Waals surface area (Å²) in [5.41, 5.74) is 0.969. The Kier molecular flexibility index (Phi) is 3.50. The number of hydrogen-bond donors (Lipinski definition) is 0. The molecule has 0 N–H and O–H groups in total. The number of rotatable bonds is 4. The molecule has 0 radical (unpaired) electrons. The molecule has 0 bridgehead atoms. The highest BCUT2D eigenvalue weighted by Crippen LogP contribution is 2.18. The van der Waals surface area contributed by atoms with Crippen LogP contribution in [0.25, 0.3) is 0 Å². The highest BCUT2D eigenvalue weighted by Gasteiger charge is 2.03. The van der Waals surface area contributed by atoms with Crippen molar-refractivity contribution in [1.29, 1.82) is 0 Å². The van der Waals surface area contributed by atoms with Crippen molar-refractivity contribution in [3.8, 4) is 5.75 Å². The molecule has 0 unspecified atom stereocenters. The van der Waals surface area contributed by atoms with Crippen molar-refractivity contribution < 1.29 is 9.53 Å². The van der Waals surface area contributed by atoms with Gasteiger partial charge in [-0.05, 0) is 19.9 Å². The fourth-order valence-electron chi connectivity index (χ4n) is 1.21. The maximum absolute atomic E-state index is 10.9. The van der Waals surface area contributed by atoms with Crippen LogP contribution < -0.4 is 4.74 Å². The quantitative estimate of drug-likeness (QED) is 0.706. The summed E-state index contributed by atoms with van der Waals surface area (Å²) in [6, 6.07) is 7.64. The molecule has 0 amide bonds. The number of Topliss-reactive ketones (excluding diaryl/α,β-unsaturated/α-hetero) is 1. The Morgan fingerprint density at radius 3 is 2.69 bits per heavy atom. The van der Waals surface area contributed by atoms with Crippen LogP contribution in [0.2, 0.25) is 0 Å². The first-order chi connectivity index (χ1) is 6.24. The van der Waals surface area contributed by atoms with E-state index in [2.05, 4.69) is 0 Å². The van der Waals surface area contributed by atoms with Gasteiger partial charge >= 0.3 is 0 Å². The smallest absolute Gasteiger partial charge is 0.134 e. The van der Waals surface area contributed by atoms with Crippen LogP contribution in [0.5, 0.6) is 5.75 Å². The molecule has 0 atom stereocenters. The Morgan fingerprint density at radius 1 is 1.38 bits per heavy atom. The third-order valence-corrected chi connectivity index (χ3v) is 1.71. The normalized spacial score (nSPS) is 9.69. The number of ketones is 1. The van der Waals surface area contributed by atoms with Gasteiger partial charge in [-0.25, -0.2) is 0 Å².